The van der Waals surface area contributed by atoms with Gasteiger partial charge in [0, 0.05) is 6.20 Å². The highest BCUT2D eigenvalue weighted by molar-refractivity contribution is 6.32. The van der Waals surface area contributed by atoms with Crippen molar-refractivity contribution in [1.82, 2.24) is 4.98 Å². The van der Waals surface area contributed by atoms with Crippen LogP contribution in [0.15, 0.2) is 30.5 Å². The highest BCUT2D eigenvalue weighted by Gasteiger charge is 2.21. The first-order valence-corrected chi connectivity index (χ1v) is 9.02. The Kier molecular flexibility index (Phi) is 6.80. The fourth-order valence-electron chi connectivity index (χ4n) is 2.48. The number of hydrogen-bond donors (Lipinski definition) is 2. The van der Waals surface area contributed by atoms with Gasteiger partial charge in [-0.1, -0.05) is 45.4 Å². The van der Waals surface area contributed by atoms with Gasteiger partial charge >= 0.3 is 5.97 Å². The number of nitrogens with zero attached hydrogens (tertiary/aromatic N) is 1. The molecule has 0 aliphatic heterocycles. The van der Waals surface area contributed by atoms with E-state index in [2.05, 4.69) is 10.3 Å². The Bertz CT molecular complexity index is 850. The molecule has 2 N–H and O–H groups in total. The van der Waals surface area contributed by atoms with Crippen molar-refractivity contribution < 1.29 is 19.4 Å². The first kappa shape index (κ1) is 20.7. The summed E-state index contributed by atoms with van der Waals surface area (Å²) in [6.07, 6.45) is 1.49. The first-order valence-electron chi connectivity index (χ1n) is 8.65. The normalized spacial score (nSPS) is 10.9. The fourth-order valence-corrected chi connectivity index (χ4v) is 2.65. The van der Waals surface area contributed by atoms with Gasteiger partial charge in [-0.2, -0.15) is 0 Å². The summed E-state index contributed by atoms with van der Waals surface area (Å²) in [5.74, 6) is -1.22. The van der Waals surface area contributed by atoms with E-state index < -0.39 is 18.5 Å². The summed E-state index contributed by atoms with van der Waals surface area (Å²) in [6, 6.07) is 6.70. The number of carbonyl (C=O) groups excluding carboxylic acids is 2. The van der Waals surface area contributed by atoms with Crippen molar-refractivity contribution in [3.8, 4) is 5.75 Å². The van der Waals surface area contributed by atoms with Crippen LogP contribution in [0.2, 0.25) is 5.15 Å². The number of rotatable bonds is 6. The lowest BCUT2D eigenvalue weighted by Crippen LogP contribution is -2.21. The predicted octanol–water partition coefficient (Wildman–Crippen LogP) is 4.48. The molecule has 0 atom stereocenters. The molecule has 0 spiro atoms. The number of aromatic nitrogens is 1. The Hall–Kier alpha value is -2.60. The van der Waals surface area contributed by atoms with E-state index in [1.54, 1.807) is 18.2 Å². The molecular weight excluding hydrogens is 368 g/mol. The van der Waals surface area contributed by atoms with Crippen LogP contribution >= 0.6 is 11.6 Å². The van der Waals surface area contributed by atoms with Gasteiger partial charge in [-0.05, 0) is 41.2 Å². The van der Waals surface area contributed by atoms with Crippen molar-refractivity contribution in [1.29, 1.82) is 0 Å². The quantitative estimate of drug-likeness (QED) is 0.560. The van der Waals surface area contributed by atoms with Gasteiger partial charge in [0.15, 0.2) is 11.8 Å². The third-order valence-corrected chi connectivity index (χ3v) is 4.34. The van der Waals surface area contributed by atoms with Crippen molar-refractivity contribution in [2.75, 3.05) is 11.9 Å². The molecule has 144 valence electrons. The van der Waals surface area contributed by atoms with E-state index in [4.69, 9.17) is 16.3 Å². The van der Waals surface area contributed by atoms with Crippen molar-refractivity contribution in [2.24, 2.45) is 0 Å². The standard InChI is InChI=1S/C20H23ClN2O4/c1-11(2)13-8-14(12(3)4)18(25)15(9-13)20(26)27-10-17(24)23-16-6-5-7-22-19(16)21/h5-9,11-12,25H,10H2,1-4H3,(H,23,24). The van der Waals surface area contributed by atoms with Gasteiger partial charge in [0.05, 0.1) is 5.69 Å². The number of halogens is 1. The molecule has 0 saturated carbocycles. The Balaban J connectivity index is 2.13. The maximum absolute atomic E-state index is 12.4. The van der Waals surface area contributed by atoms with Gasteiger partial charge < -0.3 is 15.2 Å². The average molecular weight is 391 g/mol. The first-order chi connectivity index (χ1) is 12.7. The molecule has 6 nitrogen and oxygen atoms in total. The molecule has 0 bridgehead atoms. The van der Waals surface area contributed by atoms with Gasteiger partial charge in [-0.3, -0.25) is 4.79 Å². The largest absolute Gasteiger partial charge is 0.507 e. The average Bonchev–Trinajstić information content (AvgIpc) is 2.61. The molecule has 1 heterocycles. The molecule has 1 amide bonds. The van der Waals surface area contributed by atoms with Crippen LogP contribution in [0.5, 0.6) is 5.75 Å². The number of anilines is 1. The summed E-state index contributed by atoms with van der Waals surface area (Å²) in [4.78, 5) is 28.3. The van der Waals surface area contributed by atoms with Crippen LogP contribution in [0.4, 0.5) is 5.69 Å². The number of pyridine rings is 1. The second-order valence-electron chi connectivity index (χ2n) is 6.78. The van der Waals surface area contributed by atoms with Crippen LogP contribution < -0.4 is 5.32 Å². The topological polar surface area (TPSA) is 88.5 Å². The van der Waals surface area contributed by atoms with E-state index in [9.17, 15) is 14.7 Å². The number of benzene rings is 1. The van der Waals surface area contributed by atoms with Gasteiger partial charge in [0.25, 0.3) is 5.91 Å². The number of amides is 1. The molecule has 2 aromatic rings. The zero-order valence-electron chi connectivity index (χ0n) is 15.7. The van der Waals surface area contributed by atoms with Crippen molar-refractivity contribution in [3.63, 3.8) is 0 Å². The molecule has 1 aromatic carbocycles. The predicted molar refractivity (Wildman–Crippen MR) is 104 cm³/mol. The summed E-state index contributed by atoms with van der Waals surface area (Å²) in [5, 5.41) is 13.1. The Morgan fingerprint density at radius 2 is 1.93 bits per heavy atom. The molecule has 0 saturated heterocycles. The molecule has 0 fully saturated rings. The van der Waals surface area contributed by atoms with E-state index >= 15 is 0 Å². The highest BCUT2D eigenvalue weighted by Crippen LogP contribution is 2.33. The zero-order chi connectivity index (χ0) is 20.1. The summed E-state index contributed by atoms with van der Waals surface area (Å²) < 4.78 is 5.08. The number of carbonyl (C=O) groups is 2. The minimum atomic E-state index is -0.760. The van der Waals surface area contributed by atoms with Crippen LogP contribution in [0.3, 0.4) is 0 Å². The van der Waals surface area contributed by atoms with Crippen LogP contribution in [-0.4, -0.2) is 28.6 Å². The maximum atomic E-state index is 12.4. The number of phenols is 1. The molecule has 2 rings (SSSR count). The lowest BCUT2D eigenvalue weighted by molar-refractivity contribution is -0.119. The lowest BCUT2D eigenvalue weighted by atomic mass is 9.92. The third-order valence-electron chi connectivity index (χ3n) is 4.04. The summed E-state index contributed by atoms with van der Waals surface area (Å²) >= 11 is 5.88. The summed E-state index contributed by atoms with van der Waals surface area (Å²) in [5.41, 5.74) is 1.96. The SMILES string of the molecule is CC(C)c1cc(C(=O)OCC(=O)Nc2cccnc2Cl)c(O)c(C(C)C)c1. The molecule has 0 aliphatic carbocycles. The molecule has 27 heavy (non-hydrogen) atoms. The van der Waals surface area contributed by atoms with Crippen molar-refractivity contribution in [3.05, 3.63) is 52.3 Å². The summed E-state index contributed by atoms with van der Waals surface area (Å²) in [6.45, 7) is 7.35. The third kappa shape index (κ3) is 5.20. The van der Waals surface area contributed by atoms with E-state index in [1.807, 2.05) is 33.8 Å². The van der Waals surface area contributed by atoms with Crippen LogP contribution in [0.25, 0.3) is 0 Å². The summed E-state index contributed by atoms with van der Waals surface area (Å²) in [7, 11) is 0. The van der Waals surface area contributed by atoms with Gasteiger partial charge in [-0.25, -0.2) is 9.78 Å². The van der Waals surface area contributed by atoms with Gasteiger partial charge in [0.2, 0.25) is 0 Å². The minimum Gasteiger partial charge on any atom is -0.507 e. The van der Waals surface area contributed by atoms with Crippen molar-refractivity contribution in [2.45, 2.75) is 39.5 Å². The van der Waals surface area contributed by atoms with E-state index in [0.717, 1.165) is 5.56 Å². The molecule has 1 aromatic heterocycles. The molecule has 0 aliphatic rings. The van der Waals surface area contributed by atoms with Gasteiger partial charge in [-0.15, -0.1) is 0 Å². The lowest BCUT2D eigenvalue weighted by Gasteiger charge is -2.16. The van der Waals surface area contributed by atoms with Crippen LogP contribution in [-0.2, 0) is 9.53 Å². The number of esters is 1. The monoisotopic (exact) mass is 390 g/mol. The zero-order valence-corrected chi connectivity index (χ0v) is 16.5. The second-order valence-corrected chi connectivity index (χ2v) is 7.14. The Labute approximate surface area is 163 Å². The maximum Gasteiger partial charge on any atom is 0.342 e. The van der Waals surface area contributed by atoms with Gasteiger partial charge in [0.1, 0.15) is 11.3 Å². The fraction of sp³-hybridized carbons (Fsp3) is 0.350. The van der Waals surface area contributed by atoms with Crippen molar-refractivity contribution >= 4 is 29.2 Å². The number of aromatic hydroxyl groups is 1. The Morgan fingerprint density at radius 1 is 1.22 bits per heavy atom. The number of nitrogens with one attached hydrogen (secondary N) is 1. The number of ether oxygens (including phenoxy) is 1. The van der Waals surface area contributed by atoms with E-state index in [-0.39, 0.29) is 28.3 Å². The molecule has 7 heteroatoms. The van der Waals surface area contributed by atoms with E-state index in [1.165, 1.54) is 6.20 Å². The van der Waals surface area contributed by atoms with Crippen LogP contribution in [0, 0.1) is 0 Å². The van der Waals surface area contributed by atoms with E-state index in [0.29, 0.717) is 11.3 Å². The Morgan fingerprint density at radius 3 is 2.52 bits per heavy atom. The smallest absolute Gasteiger partial charge is 0.342 e. The highest BCUT2D eigenvalue weighted by atomic mass is 35.5. The van der Waals surface area contributed by atoms with Crippen LogP contribution in [0.1, 0.15) is 61.0 Å². The molecule has 0 unspecified atom stereocenters. The number of phenolic OH excluding ortho intramolecular Hbond substituents is 1. The molecular formula is C20H23ClN2O4. The second kappa shape index (κ2) is 8.86. The molecule has 0 radical (unpaired) electrons. The number of hydrogen-bond acceptors (Lipinski definition) is 5. The minimum absolute atomic E-state index is 0.0336.